The van der Waals surface area contributed by atoms with Crippen molar-refractivity contribution in [3.8, 4) is 11.5 Å². The quantitative estimate of drug-likeness (QED) is 0.0731. The molecule has 17 heteroatoms. The lowest BCUT2D eigenvalue weighted by Gasteiger charge is -2.20. The summed E-state index contributed by atoms with van der Waals surface area (Å²) in [4.78, 5) is 25.8. The number of carbonyl (C=O) groups excluding carboxylic acids is 2. The minimum Gasteiger partial charge on any atom is -0.454 e. The molecule has 0 aliphatic carbocycles. The summed E-state index contributed by atoms with van der Waals surface area (Å²) in [6, 6.07) is 16.0. The fourth-order valence-electron chi connectivity index (χ4n) is 4.66. The molecule has 0 amide bonds. The molecule has 0 fully saturated rings. The fraction of sp³-hybridized carbons (Fsp3) is 0.333. The van der Waals surface area contributed by atoms with Crippen LogP contribution in [0.1, 0.15) is 80.3 Å². The van der Waals surface area contributed by atoms with E-state index in [9.17, 15) is 34.8 Å². The van der Waals surface area contributed by atoms with E-state index in [4.69, 9.17) is 40.5 Å². The van der Waals surface area contributed by atoms with Crippen LogP contribution in [-0.2, 0) is 42.9 Å². The lowest BCUT2D eigenvalue weighted by atomic mass is 9.99. The Morgan fingerprint density at radius 3 is 1.64 bits per heavy atom. The summed E-state index contributed by atoms with van der Waals surface area (Å²) in [6.07, 6.45) is 0. The highest BCUT2D eigenvalue weighted by Gasteiger charge is 2.30. The van der Waals surface area contributed by atoms with Crippen LogP contribution in [-0.4, -0.2) is 56.6 Å². The third-order valence-electron chi connectivity index (χ3n) is 7.49. The molecule has 0 heterocycles. The van der Waals surface area contributed by atoms with Crippen LogP contribution in [0, 0.1) is 17.3 Å². The number of ketones is 2. The zero-order chi connectivity index (χ0) is 41.8. The Kier molecular flexibility index (Phi) is 14.4. The van der Waals surface area contributed by atoms with Crippen molar-refractivity contribution in [1.82, 2.24) is 0 Å². The summed E-state index contributed by atoms with van der Waals surface area (Å²) in [5.41, 5.74) is -1.04. The first-order valence-corrected chi connectivity index (χ1v) is 22.2. The van der Waals surface area contributed by atoms with Gasteiger partial charge in [0.2, 0.25) is 0 Å². The van der Waals surface area contributed by atoms with Crippen molar-refractivity contribution in [2.45, 2.75) is 63.2 Å². The molecule has 0 aromatic heterocycles. The maximum atomic E-state index is 13.8. The Morgan fingerprint density at radius 1 is 0.607 bits per heavy atom. The van der Waals surface area contributed by atoms with Gasteiger partial charge in [0.1, 0.15) is 21.3 Å². The van der Waals surface area contributed by atoms with Crippen molar-refractivity contribution in [2.24, 2.45) is 17.3 Å². The summed E-state index contributed by atoms with van der Waals surface area (Å²) in [5.74, 6) is -2.61. The molecular weight excluding hydrogens is 828 g/mol. The molecule has 0 aliphatic heterocycles. The number of halogens is 2. The number of benzene rings is 4. The Balaban J connectivity index is 1.85. The third-order valence-corrected chi connectivity index (χ3v) is 11.9. The number of hydrogen-bond acceptors (Lipinski definition) is 12. The first-order valence-electron chi connectivity index (χ1n) is 17.2. The number of rotatable bonds is 17. The average molecular weight is 870 g/mol. The highest BCUT2D eigenvalue weighted by atomic mass is 35.5. The van der Waals surface area contributed by atoms with Crippen LogP contribution < -0.4 is 4.74 Å². The van der Waals surface area contributed by atoms with Crippen LogP contribution in [0.2, 0.25) is 10.0 Å². The molecule has 0 atom stereocenters. The van der Waals surface area contributed by atoms with Gasteiger partial charge in [-0.05, 0) is 84.0 Å². The van der Waals surface area contributed by atoms with E-state index < -0.39 is 68.6 Å². The molecule has 4 aromatic carbocycles. The first-order chi connectivity index (χ1) is 25.9. The Bertz CT molecular complexity index is 2450. The smallest absolute Gasteiger partial charge is 0.300 e. The summed E-state index contributed by atoms with van der Waals surface area (Å²) in [6.45, 7) is 11.6. The van der Waals surface area contributed by atoms with Gasteiger partial charge >= 0.3 is 20.2 Å². The van der Waals surface area contributed by atoms with Gasteiger partial charge in [0.05, 0.1) is 29.7 Å². The van der Waals surface area contributed by atoms with E-state index in [0.717, 1.165) is 30.3 Å². The monoisotopic (exact) mass is 868 g/mol. The number of hydrogen-bond donors (Lipinski definition) is 0. The third kappa shape index (κ3) is 11.7. The van der Waals surface area contributed by atoms with Gasteiger partial charge in [-0.25, -0.2) is 0 Å². The summed E-state index contributed by atoms with van der Waals surface area (Å²) >= 11 is 12.4. The van der Waals surface area contributed by atoms with Crippen LogP contribution in [0.25, 0.3) is 0 Å². The van der Waals surface area contributed by atoms with Crippen LogP contribution in [0.3, 0.4) is 0 Å². The van der Waals surface area contributed by atoms with Crippen LogP contribution in [0.4, 0.5) is 0 Å². The topological polar surface area (TPSA) is 173 Å². The highest BCUT2D eigenvalue weighted by molar-refractivity contribution is 7.87. The van der Waals surface area contributed by atoms with E-state index in [1.807, 2.05) is 0 Å². The van der Waals surface area contributed by atoms with Crippen LogP contribution in [0.15, 0.2) is 93.5 Å². The first kappa shape index (κ1) is 45.0. The van der Waals surface area contributed by atoms with Crippen LogP contribution >= 0.6 is 23.2 Å². The lowest BCUT2D eigenvalue weighted by molar-refractivity contribution is 0.103. The minimum absolute atomic E-state index is 0.00560. The van der Waals surface area contributed by atoms with Crippen molar-refractivity contribution in [2.75, 3.05) is 19.8 Å². The molecule has 0 bridgehead atoms. The van der Waals surface area contributed by atoms with Gasteiger partial charge in [-0.3, -0.25) is 22.1 Å². The van der Waals surface area contributed by atoms with Crippen molar-refractivity contribution in [3.05, 3.63) is 111 Å². The highest BCUT2D eigenvalue weighted by Crippen LogP contribution is 2.37. The molecule has 0 aliphatic rings. The van der Waals surface area contributed by atoms with E-state index in [1.165, 1.54) is 48.5 Å². The molecule has 302 valence electrons. The van der Waals surface area contributed by atoms with E-state index >= 15 is 0 Å². The van der Waals surface area contributed by atoms with Gasteiger partial charge in [0.15, 0.2) is 11.6 Å². The summed E-state index contributed by atoms with van der Waals surface area (Å²) in [7, 11) is -13.6. The second-order valence-electron chi connectivity index (χ2n) is 14.8. The van der Waals surface area contributed by atoms with Crippen molar-refractivity contribution >= 4 is 65.1 Å². The molecule has 0 spiro atoms. The van der Waals surface area contributed by atoms with Gasteiger partial charge < -0.3 is 4.74 Å². The van der Waals surface area contributed by atoms with Crippen molar-refractivity contribution in [1.29, 1.82) is 0 Å². The maximum Gasteiger partial charge on any atom is 0.300 e. The SMILES string of the molecule is CC(C)COS(=O)(=O)c1cccc(C(=O)c2ccc(Oc3ccc(C(=O)c4cc(Cl)ccc4Cl)cc3S(=O)(=O)OCC(C)(C)C)c(S(=O)(=O)OCC(C)C)c2)c1. The zero-order valence-electron chi connectivity index (χ0n) is 31.7. The van der Waals surface area contributed by atoms with Gasteiger partial charge in [-0.2, -0.15) is 25.3 Å². The molecule has 0 saturated carbocycles. The molecule has 12 nitrogen and oxygen atoms in total. The largest absolute Gasteiger partial charge is 0.454 e. The maximum absolute atomic E-state index is 13.8. The molecule has 0 radical (unpaired) electrons. The lowest BCUT2D eigenvalue weighted by Crippen LogP contribution is -2.19. The summed E-state index contributed by atoms with van der Waals surface area (Å²) < 4.78 is 102. The Labute approximate surface area is 338 Å². The van der Waals surface area contributed by atoms with Crippen molar-refractivity contribution < 1.29 is 52.1 Å². The molecule has 4 rings (SSSR count). The molecular formula is C39H42Cl2O12S3. The molecule has 0 saturated heterocycles. The normalized spacial score (nSPS) is 12.6. The van der Waals surface area contributed by atoms with E-state index in [1.54, 1.807) is 48.5 Å². The van der Waals surface area contributed by atoms with E-state index in [0.29, 0.717) is 0 Å². The van der Waals surface area contributed by atoms with Gasteiger partial charge in [0.25, 0.3) is 10.1 Å². The predicted molar refractivity (Wildman–Crippen MR) is 211 cm³/mol. The Hall–Kier alpha value is -3.67. The van der Waals surface area contributed by atoms with Crippen LogP contribution in [0.5, 0.6) is 11.5 Å². The molecule has 0 N–H and O–H groups in total. The molecule has 56 heavy (non-hydrogen) atoms. The van der Waals surface area contributed by atoms with E-state index in [-0.39, 0.29) is 68.9 Å². The van der Waals surface area contributed by atoms with Gasteiger partial charge in [0, 0.05) is 27.3 Å². The Morgan fingerprint density at radius 2 is 1.11 bits per heavy atom. The fourth-order valence-corrected chi connectivity index (χ4v) is 8.61. The standard InChI is InChI=1S/C39H42Cl2O12S3/c1-24(2)21-50-54(44,45)30-10-8-9-26(17-30)37(42)27-11-15-33(35(18-27)55(46,47)51-22-25(3)4)53-34-16-12-28(38(43)31-20-29(40)13-14-32(31)41)19-36(34)56(48,49)52-23-39(5,6)7/h8-20,24-25H,21-23H2,1-7H3. The van der Waals surface area contributed by atoms with Crippen molar-refractivity contribution in [3.63, 3.8) is 0 Å². The van der Waals surface area contributed by atoms with Gasteiger partial charge in [-0.15, -0.1) is 0 Å². The number of carbonyl (C=O) groups is 2. The predicted octanol–water partition coefficient (Wildman–Crippen LogP) is 8.72. The second-order valence-corrected chi connectivity index (χ2v) is 20.4. The zero-order valence-corrected chi connectivity index (χ0v) is 35.6. The molecule has 4 aromatic rings. The summed E-state index contributed by atoms with van der Waals surface area (Å²) in [5, 5.41) is 0.273. The average Bonchev–Trinajstić information content (AvgIpc) is 3.13. The van der Waals surface area contributed by atoms with Gasteiger partial charge in [-0.1, -0.05) is 83.8 Å². The molecule has 0 unspecified atom stereocenters. The van der Waals surface area contributed by atoms with E-state index in [2.05, 4.69) is 0 Å². The second kappa shape index (κ2) is 17.9. The number of ether oxygens (including phenoxy) is 1. The minimum atomic E-state index is -4.69.